The molecule has 0 spiro atoms. The van der Waals surface area contributed by atoms with Gasteiger partial charge >= 0.3 is 0 Å². The van der Waals surface area contributed by atoms with E-state index in [1.807, 2.05) is 0 Å². The summed E-state index contributed by atoms with van der Waals surface area (Å²) in [5.41, 5.74) is 6.06. The van der Waals surface area contributed by atoms with Gasteiger partial charge in [0.25, 0.3) is 0 Å². The van der Waals surface area contributed by atoms with Crippen molar-refractivity contribution >= 4 is 29.9 Å². The first kappa shape index (κ1) is 18.0. The molecule has 2 rings (SSSR count). The summed E-state index contributed by atoms with van der Waals surface area (Å²) in [5.74, 6) is 1.58. The lowest BCUT2D eigenvalue weighted by atomic mass is 10.00. The second-order valence-corrected chi connectivity index (χ2v) is 5.72. The third-order valence-electron chi connectivity index (χ3n) is 4.12. The van der Waals surface area contributed by atoms with E-state index in [1.165, 1.54) is 12.8 Å². The van der Waals surface area contributed by atoms with Crippen molar-refractivity contribution in [2.24, 2.45) is 16.6 Å². The Morgan fingerprint density at radius 3 is 2.50 bits per heavy atom. The standard InChI is InChI=1S/C14H28N4O.HI/c1-13-3-7-18(8-4-13)14(15)16-5-2-6-17-9-11-19-12-10-17;/h13H,2-12H2,1H3,(H2,15,16);1H. The fraction of sp³-hybridized carbons (Fsp3) is 0.929. The number of nitrogens with two attached hydrogens (primary N) is 1. The first-order chi connectivity index (χ1) is 9.25. The fourth-order valence-electron chi connectivity index (χ4n) is 2.65. The molecule has 5 nitrogen and oxygen atoms in total. The number of morpholine rings is 1. The molecule has 2 heterocycles. The highest BCUT2D eigenvalue weighted by Gasteiger charge is 2.16. The van der Waals surface area contributed by atoms with E-state index in [2.05, 4.69) is 21.7 Å². The van der Waals surface area contributed by atoms with Gasteiger partial charge in [0.2, 0.25) is 0 Å². The summed E-state index contributed by atoms with van der Waals surface area (Å²) >= 11 is 0. The normalized spacial score (nSPS) is 22.6. The van der Waals surface area contributed by atoms with Crippen LogP contribution >= 0.6 is 24.0 Å². The molecule has 2 saturated heterocycles. The maximum atomic E-state index is 6.06. The van der Waals surface area contributed by atoms with Gasteiger partial charge in [-0.15, -0.1) is 24.0 Å². The highest BCUT2D eigenvalue weighted by molar-refractivity contribution is 14.0. The Hall–Kier alpha value is -0.0800. The molecule has 2 N–H and O–H groups in total. The summed E-state index contributed by atoms with van der Waals surface area (Å²) in [5, 5.41) is 0. The Morgan fingerprint density at radius 2 is 1.85 bits per heavy atom. The lowest BCUT2D eigenvalue weighted by molar-refractivity contribution is 0.0377. The molecule has 118 valence electrons. The lowest BCUT2D eigenvalue weighted by Gasteiger charge is -2.31. The summed E-state index contributed by atoms with van der Waals surface area (Å²) in [6, 6.07) is 0. The molecule has 0 aliphatic carbocycles. The zero-order chi connectivity index (χ0) is 13.5. The van der Waals surface area contributed by atoms with Crippen molar-refractivity contribution in [3.05, 3.63) is 0 Å². The van der Waals surface area contributed by atoms with Crippen LogP contribution in [0.15, 0.2) is 4.99 Å². The number of hydrogen-bond acceptors (Lipinski definition) is 3. The van der Waals surface area contributed by atoms with E-state index in [0.29, 0.717) is 0 Å². The van der Waals surface area contributed by atoms with E-state index >= 15 is 0 Å². The van der Waals surface area contributed by atoms with Crippen molar-refractivity contribution in [3.8, 4) is 0 Å². The quantitative estimate of drug-likeness (QED) is 0.338. The van der Waals surface area contributed by atoms with E-state index in [1.54, 1.807) is 0 Å². The number of halogens is 1. The van der Waals surface area contributed by atoms with Crippen LogP contribution in [0.4, 0.5) is 0 Å². The van der Waals surface area contributed by atoms with Gasteiger partial charge in [-0.05, 0) is 25.2 Å². The third kappa shape index (κ3) is 6.13. The van der Waals surface area contributed by atoms with Crippen LogP contribution in [0, 0.1) is 5.92 Å². The summed E-state index contributed by atoms with van der Waals surface area (Å²) < 4.78 is 5.34. The largest absolute Gasteiger partial charge is 0.379 e. The molecule has 0 aromatic heterocycles. The number of rotatable bonds is 4. The third-order valence-corrected chi connectivity index (χ3v) is 4.12. The summed E-state index contributed by atoms with van der Waals surface area (Å²) in [6.45, 7) is 10.3. The molecule has 0 atom stereocenters. The first-order valence-electron chi connectivity index (χ1n) is 7.60. The zero-order valence-electron chi connectivity index (χ0n) is 12.6. The molecule has 0 unspecified atom stereocenters. The SMILES string of the molecule is CC1CCN(C(N)=NCCCN2CCOCC2)CC1.I. The number of guanidine groups is 1. The van der Waals surface area contributed by atoms with Gasteiger partial charge in [-0.3, -0.25) is 9.89 Å². The number of piperidine rings is 1. The molecular formula is C14H29IN4O. The van der Waals surface area contributed by atoms with Crippen molar-refractivity contribution in [3.63, 3.8) is 0 Å². The molecule has 2 aliphatic rings. The molecule has 0 radical (unpaired) electrons. The minimum Gasteiger partial charge on any atom is -0.379 e. The number of nitrogens with zero attached hydrogens (tertiary/aromatic N) is 3. The summed E-state index contributed by atoms with van der Waals surface area (Å²) in [4.78, 5) is 9.19. The van der Waals surface area contributed by atoms with Crippen molar-refractivity contribution < 1.29 is 4.74 Å². The van der Waals surface area contributed by atoms with E-state index in [0.717, 1.165) is 70.8 Å². The Bertz CT molecular complexity index is 287. The molecule has 6 heteroatoms. The molecule has 0 amide bonds. The highest BCUT2D eigenvalue weighted by Crippen LogP contribution is 2.15. The fourth-order valence-corrected chi connectivity index (χ4v) is 2.65. The predicted octanol–water partition coefficient (Wildman–Crippen LogP) is 1.37. The molecule has 20 heavy (non-hydrogen) atoms. The van der Waals surface area contributed by atoms with Crippen LogP contribution in [0.1, 0.15) is 26.2 Å². The Balaban J connectivity index is 0.00000200. The van der Waals surface area contributed by atoms with E-state index < -0.39 is 0 Å². The first-order valence-corrected chi connectivity index (χ1v) is 7.60. The maximum Gasteiger partial charge on any atom is 0.191 e. The van der Waals surface area contributed by atoms with Crippen molar-refractivity contribution in [2.45, 2.75) is 26.2 Å². The topological polar surface area (TPSA) is 54.1 Å². The zero-order valence-corrected chi connectivity index (χ0v) is 14.9. The number of hydrogen-bond donors (Lipinski definition) is 1. The van der Waals surface area contributed by atoms with Crippen LogP contribution in [0.5, 0.6) is 0 Å². The average molecular weight is 396 g/mol. The number of aliphatic imine (C=N–C) groups is 1. The van der Waals surface area contributed by atoms with Gasteiger partial charge in [0, 0.05) is 39.3 Å². The van der Waals surface area contributed by atoms with Gasteiger partial charge in [0.1, 0.15) is 0 Å². The Labute approximate surface area is 139 Å². The van der Waals surface area contributed by atoms with Crippen molar-refractivity contribution in [1.29, 1.82) is 0 Å². The van der Waals surface area contributed by atoms with Crippen molar-refractivity contribution in [2.75, 3.05) is 52.5 Å². The molecule has 0 aromatic carbocycles. The molecule has 0 bridgehead atoms. The van der Waals surface area contributed by atoms with Gasteiger partial charge in [0.05, 0.1) is 13.2 Å². The Kier molecular flexibility index (Phi) is 8.79. The minimum atomic E-state index is 0. The van der Waals surface area contributed by atoms with Crippen LogP contribution in [-0.4, -0.2) is 68.2 Å². The van der Waals surface area contributed by atoms with Crippen LogP contribution in [-0.2, 0) is 4.74 Å². The molecule has 2 aliphatic heterocycles. The van der Waals surface area contributed by atoms with E-state index in [9.17, 15) is 0 Å². The maximum absolute atomic E-state index is 6.06. The molecule has 0 aromatic rings. The van der Waals surface area contributed by atoms with E-state index in [4.69, 9.17) is 10.5 Å². The smallest absolute Gasteiger partial charge is 0.191 e. The lowest BCUT2D eigenvalue weighted by Crippen LogP contribution is -2.42. The second kappa shape index (κ2) is 9.78. The van der Waals surface area contributed by atoms with Crippen LogP contribution < -0.4 is 5.73 Å². The second-order valence-electron chi connectivity index (χ2n) is 5.72. The summed E-state index contributed by atoms with van der Waals surface area (Å²) in [6.07, 6.45) is 3.57. The van der Waals surface area contributed by atoms with Crippen molar-refractivity contribution in [1.82, 2.24) is 9.80 Å². The molecule has 0 saturated carbocycles. The van der Waals surface area contributed by atoms with Gasteiger partial charge in [0.15, 0.2) is 5.96 Å². The van der Waals surface area contributed by atoms with Gasteiger partial charge in [-0.2, -0.15) is 0 Å². The van der Waals surface area contributed by atoms with Crippen LogP contribution in [0.3, 0.4) is 0 Å². The van der Waals surface area contributed by atoms with Gasteiger partial charge in [-0.25, -0.2) is 0 Å². The number of likely N-dealkylation sites (tertiary alicyclic amines) is 1. The summed E-state index contributed by atoms with van der Waals surface area (Å²) in [7, 11) is 0. The van der Waals surface area contributed by atoms with E-state index in [-0.39, 0.29) is 24.0 Å². The molecule has 2 fully saturated rings. The minimum absolute atomic E-state index is 0. The highest BCUT2D eigenvalue weighted by atomic mass is 127. The van der Waals surface area contributed by atoms with Gasteiger partial charge < -0.3 is 15.4 Å². The molecular weight excluding hydrogens is 367 g/mol. The Morgan fingerprint density at radius 1 is 1.20 bits per heavy atom. The average Bonchev–Trinajstić information content (AvgIpc) is 2.45. The van der Waals surface area contributed by atoms with Crippen LogP contribution in [0.25, 0.3) is 0 Å². The van der Waals surface area contributed by atoms with Gasteiger partial charge in [-0.1, -0.05) is 6.92 Å². The number of ether oxygens (including phenoxy) is 1. The monoisotopic (exact) mass is 396 g/mol. The van der Waals surface area contributed by atoms with Crippen LogP contribution in [0.2, 0.25) is 0 Å². The predicted molar refractivity (Wildman–Crippen MR) is 93.8 cm³/mol.